The molecule has 0 aliphatic heterocycles. The van der Waals surface area contributed by atoms with Gasteiger partial charge in [0.25, 0.3) is 10.0 Å². The summed E-state index contributed by atoms with van der Waals surface area (Å²) in [5.74, 6) is 1.26. The first-order valence-corrected chi connectivity index (χ1v) is 8.03. The van der Waals surface area contributed by atoms with E-state index >= 15 is 0 Å². The smallest absolute Gasteiger partial charge is 0.278 e. The van der Waals surface area contributed by atoms with Gasteiger partial charge in [0, 0.05) is 18.7 Å². The highest BCUT2D eigenvalue weighted by atomic mass is 32.2. The van der Waals surface area contributed by atoms with Crippen LogP contribution in [0.4, 0.5) is 5.69 Å². The first-order chi connectivity index (χ1) is 10.0. The molecule has 2 aromatic rings. The zero-order valence-corrected chi connectivity index (χ0v) is 12.5. The van der Waals surface area contributed by atoms with Crippen LogP contribution < -0.4 is 15.2 Å². The normalized spacial score (nSPS) is 11.3. The lowest BCUT2D eigenvalue weighted by Crippen LogP contribution is -2.13. The van der Waals surface area contributed by atoms with Crippen LogP contribution in [0.5, 0.6) is 5.75 Å². The number of ether oxygens (including phenoxy) is 1. The van der Waals surface area contributed by atoms with Crippen LogP contribution in [0.25, 0.3) is 0 Å². The van der Waals surface area contributed by atoms with E-state index in [2.05, 4.69) is 14.7 Å². The highest BCUT2D eigenvalue weighted by Crippen LogP contribution is 2.18. The summed E-state index contributed by atoms with van der Waals surface area (Å²) in [6.45, 7) is 2.73. The van der Waals surface area contributed by atoms with E-state index in [0.29, 0.717) is 36.8 Å². The Morgan fingerprint density at radius 2 is 2.05 bits per heavy atom. The average molecular weight is 310 g/mol. The van der Waals surface area contributed by atoms with Crippen molar-refractivity contribution in [2.45, 2.75) is 18.4 Å². The van der Waals surface area contributed by atoms with Gasteiger partial charge in [0.15, 0.2) is 5.03 Å². The van der Waals surface area contributed by atoms with Crippen molar-refractivity contribution >= 4 is 15.7 Å². The predicted octanol–water partition coefficient (Wildman–Crippen LogP) is 1.11. The minimum atomic E-state index is -3.66. The first kappa shape index (κ1) is 15.3. The van der Waals surface area contributed by atoms with Gasteiger partial charge >= 0.3 is 0 Å². The van der Waals surface area contributed by atoms with Crippen LogP contribution in [0.3, 0.4) is 0 Å². The third kappa shape index (κ3) is 3.96. The van der Waals surface area contributed by atoms with Gasteiger partial charge < -0.3 is 15.5 Å². The number of aromatic amines is 1. The Morgan fingerprint density at radius 3 is 2.62 bits per heavy atom. The number of nitrogens with two attached hydrogens (primary N) is 1. The molecular formula is C13H18N4O3S. The zero-order valence-electron chi connectivity index (χ0n) is 11.7. The van der Waals surface area contributed by atoms with Crippen molar-refractivity contribution in [3.63, 3.8) is 0 Å². The van der Waals surface area contributed by atoms with Crippen molar-refractivity contribution in [1.29, 1.82) is 0 Å². The number of nitrogens with one attached hydrogen (secondary N) is 2. The molecule has 2 rings (SSSR count). The number of sulfonamides is 1. The molecule has 0 aliphatic rings. The van der Waals surface area contributed by atoms with E-state index < -0.39 is 10.0 Å². The molecule has 0 spiro atoms. The van der Waals surface area contributed by atoms with Crippen molar-refractivity contribution in [2.24, 2.45) is 5.73 Å². The minimum Gasteiger partial charge on any atom is -0.492 e. The van der Waals surface area contributed by atoms with E-state index in [4.69, 9.17) is 10.5 Å². The molecule has 0 atom stereocenters. The number of benzene rings is 1. The molecule has 0 saturated carbocycles. The molecule has 21 heavy (non-hydrogen) atoms. The standard InChI is InChI=1S/C13H18N4O3S/c1-2-12-15-9-13(16-12)21(18,19)17-10-3-5-11(6-4-10)20-8-7-14/h3-6,9,17H,2,7-8,14H2,1H3,(H,15,16). The predicted molar refractivity (Wildman–Crippen MR) is 79.8 cm³/mol. The number of H-pyrrole nitrogens is 1. The summed E-state index contributed by atoms with van der Waals surface area (Å²) < 4.78 is 32.1. The Hall–Kier alpha value is -2.06. The third-order valence-electron chi connectivity index (χ3n) is 2.72. The number of rotatable bonds is 7. The Labute approximate surface area is 123 Å². The number of aromatic nitrogens is 2. The summed E-state index contributed by atoms with van der Waals surface area (Å²) in [6.07, 6.45) is 1.95. The summed E-state index contributed by atoms with van der Waals surface area (Å²) in [4.78, 5) is 6.75. The Bertz CT molecular complexity index is 680. The fraction of sp³-hybridized carbons (Fsp3) is 0.308. The van der Waals surface area contributed by atoms with E-state index in [-0.39, 0.29) is 5.03 Å². The summed E-state index contributed by atoms with van der Waals surface area (Å²) in [5.41, 5.74) is 5.79. The van der Waals surface area contributed by atoms with Gasteiger partial charge in [0.2, 0.25) is 0 Å². The second kappa shape index (κ2) is 6.59. The number of aryl methyl sites for hydroxylation is 1. The summed E-state index contributed by atoms with van der Waals surface area (Å²) >= 11 is 0. The van der Waals surface area contributed by atoms with E-state index in [1.807, 2.05) is 6.92 Å². The minimum absolute atomic E-state index is 0.0443. The van der Waals surface area contributed by atoms with Crippen molar-refractivity contribution in [2.75, 3.05) is 17.9 Å². The summed E-state index contributed by atoms with van der Waals surface area (Å²) in [6, 6.07) is 6.61. The van der Waals surface area contributed by atoms with Crippen molar-refractivity contribution in [3.05, 3.63) is 36.3 Å². The molecule has 0 radical (unpaired) electrons. The lowest BCUT2D eigenvalue weighted by molar-refractivity contribution is 0.328. The van der Waals surface area contributed by atoms with E-state index in [9.17, 15) is 8.42 Å². The topological polar surface area (TPSA) is 110 Å². The first-order valence-electron chi connectivity index (χ1n) is 6.55. The van der Waals surface area contributed by atoms with Gasteiger partial charge in [-0.25, -0.2) is 4.98 Å². The van der Waals surface area contributed by atoms with Crippen LogP contribution in [-0.2, 0) is 16.4 Å². The molecule has 8 heteroatoms. The molecule has 7 nitrogen and oxygen atoms in total. The average Bonchev–Trinajstić information content (AvgIpc) is 2.96. The van der Waals surface area contributed by atoms with Gasteiger partial charge in [-0.05, 0) is 24.3 Å². The lowest BCUT2D eigenvalue weighted by Gasteiger charge is -2.08. The molecule has 4 N–H and O–H groups in total. The van der Waals surface area contributed by atoms with Crippen molar-refractivity contribution in [1.82, 2.24) is 9.97 Å². The zero-order chi connectivity index (χ0) is 15.3. The van der Waals surface area contributed by atoms with E-state index in [1.165, 1.54) is 6.20 Å². The molecule has 0 amide bonds. The van der Waals surface area contributed by atoms with Gasteiger partial charge in [0.1, 0.15) is 18.2 Å². The van der Waals surface area contributed by atoms with Crippen LogP contribution >= 0.6 is 0 Å². The van der Waals surface area contributed by atoms with Crippen LogP contribution in [0.15, 0.2) is 35.5 Å². The summed E-state index contributed by atoms with van der Waals surface area (Å²) in [5, 5.41) is 0.0443. The van der Waals surface area contributed by atoms with Crippen LogP contribution in [-0.4, -0.2) is 31.5 Å². The molecule has 114 valence electrons. The second-order valence-electron chi connectivity index (χ2n) is 4.31. The number of imidazole rings is 1. The molecule has 0 fully saturated rings. The molecular weight excluding hydrogens is 292 g/mol. The fourth-order valence-corrected chi connectivity index (χ4v) is 2.67. The molecule has 1 heterocycles. The van der Waals surface area contributed by atoms with E-state index in [1.54, 1.807) is 24.3 Å². The molecule has 0 unspecified atom stereocenters. The maximum atomic E-state index is 12.2. The van der Waals surface area contributed by atoms with Crippen molar-refractivity contribution < 1.29 is 13.2 Å². The van der Waals surface area contributed by atoms with Gasteiger partial charge in [-0.15, -0.1) is 0 Å². The Morgan fingerprint density at radius 1 is 1.33 bits per heavy atom. The Kier molecular flexibility index (Phi) is 4.81. The fourth-order valence-electron chi connectivity index (χ4n) is 1.67. The lowest BCUT2D eigenvalue weighted by atomic mass is 10.3. The van der Waals surface area contributed by atoms with Gasteiger partial charge in [0.05, 0.1) is 6.20 Å². The van der Waals surface area contributed by atoms with Crippen LogP contribution in [0.2, 0.25) is 0 Å². The maximum Gasteiger partial charge on any atom is 0.278 e. The van der Waals surface area contributed by atoms with Gasteiger partial charge in [-0.1, -0.05) is 6.92 Å². The number of hydrogen-bond acceptors (Lipinski definition) is 5. The maximum absolute atomic E-state index is 12.2. The monoisotopic (exact) mass is 310 g/mol. The summed E-state index contributed by atoms with van der Waals surface area (Å²) in [7, 11) is -3.66. The molecule has 1 aromatic carbocycles. The van der Waals surface area contributed by atoms with E-state index in [0.717, 1.165) is 0 Å². The van der Waals surface area contributed by atoms with Crippen molar-refractivity contribution in [3.8, 4) is 5.75 Å². The number of anilines is 1. The van der Waals surface area contributed by atoms with Crippen LogP contribution in [0.1, 0.15) is 12.7 Å². The Balaban J connectivity index is 2.09. The largest absolute Gasteiger partial charge is 0.492 e. The highest BCUT2D eigenvalue weighted by molar-refractivity contribution is 7.92. The SMILES string of the molecule is CCc1ncc(S(=O)(=O)Nc2ccc(OCCN)cc2)[nH]1. The number of hydrogen-bond donors (Lipinski definition) is 3. The van der Waals surface area contributed by atoms with Crippen LogP contribution in [0, 0.1) is 0 Å². The highest BCUT2D eigenvalue weighted by Gasteiger charge is 2.17. The number of nitrogens with zero attached hydrogens (tertiary/aromatic N) is 1. The quantitative estimate of drug-likeness (QED) is 0.709. The molecule has 1 aromatic heterocycles. The third-order valence-corrected chi connectivity index (χ3v) is 4.01. The van der Waals surface area contributed by atoms with Gasteiger partial charge in [-0.2, -0.15) is 8.42 Å². The molecule has 0 aliphatic carbocycles. The molecule has 0 saturated heterocycles. The molecule has 0 bridgehead atoms. The van der Waals surface area contributed by atoms with Gasteiger partial charge in [-0.3, -0.25) is 4.72 Å². The second-order valence-corrected chi connectivity index (χ2v) is 5.97.